The topological polar surface area (TPSA) is 41.4 Å². The Morgan fingerprint density at radius 2 is 1.85 bits per heavy atom. The van der Waals surface area contributed by atoms with Crippen LogP contribution < -0.4 is 0 Å². The lowest BCUT2D eigenvalue weighted by Gasteiger charge is -2.35. The summed E-state index contributed by atoms with van der Waals surface area (Å²) in [5.41, 5.74) is 2.28. The molecule has 2 aromatic rings. The highest BCUT2D eigenvalue weighted by Crippen LogP contribution is 2.25. The van der Waals surface area contributed by atoms with Gasteiger partial charge in [-0.1, -0.05) is 12.1 Å². The Morgan fingerprint density at radius 3 is 2.44 bits per heavy atom. The molecule has 1 fully saturated rings. The molecule has 1 aromatic heterocycles. The van der Waals surface area contributed by atoms with E-state index in [4.69, 9.17) is 4.98 Å². The van der Waals surface area contributed by atoms with E-state index < -0.39 is 0 Å². The molecule has 27 heavy (non-hydrogen) atoms. The predicted molar refractivity (Wildman–Crippen MR) is 111 cm³/mol. The van der Waals surface area contributed by atoms with E-state index in [9.17, 15) is 4.79 Å². The van der Waals surface area contributed by atoms with Gasteiger partial charge in [0.1, 0.15) is 5.82 Å². The van der Waals surface area contributed by atoms with Crippen molar-refractivity contribution < 1.29 is 4.79 Å². The summed E-state index contributed by atoms with van der Waals surface area (Å²) in [7, 11) is 0. The molecule has 5 nitrogen and oxygen atoms in total. The number of amides is 1. The van der Waals surface area contributed by atoms with Gasteiger partial charge in [-0.2, -0.15) is 0 Å². The van der Waals surface area contributed by atoms with E-state index in [1.165, 1.54) is 5.52 Å². The van der Waals surface area contributed by atoms with Crippen LogP contribution in [0.1, 0.15) is 59.3 Å². The zero-order chi connectivity index (χ0) is 19.6. The molecule has 0 unspecified atom stereocenters. The van der Waals surface area contributed by atoms with E-state index in [0.717, 1.165) is 50.4 Å². The third-order valence-electron chi connectivity index (χ3n) is 5.73. The molecule has 3 rings (SSSR count). The molecule has 5 heteroatoms. The van der Waals surface area contributed by atoms with Gasteiger partial charge >= 0.3 is 0 Å². The number of carbonyl (C=O) groups is 1. The number of piperidine rings is 1. The van der Waals surface area contributed by atoms with Gasteiger partial charge in [0.2, 0.25) is 5.91 Å². The van der Waals surface area contributed by atoms with Crippen LogP contribution in [0.3, 0.4) is 0 Å². The molecule has 2 heterocycles. The highest BCUT2D eigenvalue weighted by molar-refractivity contribution is 5.79. The van der Waals surface area contributed by atoms with Crippen molar-refractivity contribution in [3.63, 3.8) is 0 Å². The van der Waals surface area contributed by atoms with Crippen molar-refractivity contribution in [3.05, 3.63) is 30.1 Å². The average molecular weight is 371 g/mol. The Kier molecular flexibility index (Phi) is 6.20. The molecule has 0 aliphatic carbocycles. The second kappa shape index (κ2) is 8.42. The molecule has 0 bridgehead atoms. The maximum Gasteiger partial charge on any atom is 0.225 e. The first kappa shape index (κ1) is 19.9. The van der Waals surface area contributed by atoms with Gasteiger partial charge in [0, 0.05) is 24.5 Å². The van der Waals surface area contributed by atoms with Crippen LogP contribution in [0.2, 0.25) is 0 Å². The zero-order valence-corrected chi connectivity index (χ0v) is 17.5. The fraction of sp³-hybridized carbons (Fsp3) is 0.636. The minimum absolute atomic E-state index is 0.174. The summed E-state index contributed by atoms with van der Waals surface area (Å²) in [6, 6.07) is 9.05. The maximum atomic E-state index is 12.8. The fourth-order valence-electron chi connectivity index (χ4n) is 4.33. The molecule has 1 aromatic carbocycles. The minimum Gasteiger partial charge on any atom is -0.340 e. The molecule has 1 aliphatic rings. The van der Waals surface area contributed by atoms with Crippen molar-refractivity contribution in [1.29, 1.82) is 0 Å². The molecule has 0 radical (unpaired) electrons. The first-order valence-corrected chi connectivity index (χ1v) is 10.4. The largest absolute Gasteiger partial charge is 0.340 e. The number of aromatic nitrogens is 2. The van der Waals surface area contributed by atoms with E-state index in [-0.39, 0.29) is 12.0 Å². The third kappa shape index (κ3) is 4.18. The lowest BCUT2D eigenvalue weighted by Crippen LogP contribution is -2.45. The SMILES string of the molecule is CCN(C(=O)C1CCN(Cc2nc3ccccc3n2C(C)C)CC1)C(C)C. The Hall–Kier alpha value is -1.88. The van der Waals surface area contributed by atoms with Gasteiger partial charge in [0.25, 0.3) is 0 Å². The number of hydrogen-bond donors (Lipinski definition) is 0. The number of imidazole rings is 1. The monoisotopic (exact) mass is 370 g/mol. The van der Waals surface area contributed by atoms with Crippen LogP contribution in [0.4, 0.5) is 0 Å². The fourth-order valence-corrected chi connectivity index (χ4v) is 4.33. The van der Waals surface area contributed by atoms with E-state index >= 15 is 0 Å². The van der Waals surface area contributed by atoms with Crippen LogP contribution in [-0.4, -0.2) is 50.9 Å². The van der Waals surface area contributed by atoms with Gasteiger partial charge in [-0.15, -0.1) is 0 Å². The Bertz CT molecular complexity index is 772. The highest BCUT2D eigenvalue weighted by atomic mass is 16.2. The predicted octanol–water partition coefficient (Wildman–Crippen LogP) is 4.09. The first-order chi connectivity index (χ1) is 12.9. The van der Waals surface area contributed by atoms with E-state index in [0.29, 0.717) is 11.9 Å². The second-order valence-corrected chi connectivity index (χ2v) is 8.25. The van der Waals surface area contributed by atoms with Crippen molar-refractivity contribution in [2.45, 2.75) is 66.1 Å². The van der Waals surface area contributed by atoms with Gasteiger partial charge in [-0.05, 0) is 72.7 Å². The quantitative estimate of drug-likeness (QED) is 0.769. The summed E-state index contributed by atoms with van der Waals surface area (Å²) < 4.78 is 2.35. The van der Waals surface area contributed by atoms with Crippen molar-refractivity contribution in [2.24, 2.45) is 5.92 Å². The summed E-state index contributed by atoms with van der Waals surface area (Å²) in [6.07, 6.45) is 1.90. The number of hydrogen-bond acceptors (Lipinski definition) is 3. The summed E-state index contributed by atoms with van der Waals surface area (Å²) in [4.78, 5) is 22.1. The summed E-state index contributed by atoms with van der Waals surface area (Å²) in [5.74, 6) is 1.64. The number of benzene rings is 1. The van der Waals surface area contributed by atoms with Crippen molar-refractivity contribution in [3.8, 4) is 0 Å². The van der Waals surface area contributed by atoms with E-state index in [1.54, 1.807) is 0 Å². The van der Waals surface area contributed by atoms with Gasteiger partial charge in [0.15, 0.2) is 0 Å². The average Bonchev–Trinajstić information content (AvgIpc) is 3.00. The molecule has 148 valence electrons. The van der Waals surface area contributed by atoms with Crippen LogP contribution >= 0.6 is 0 Å². The number of carbonyl (C=O) groups excluding carboxylic acids is 1. The Morgan fingerprint density at radius 1 is 1.19 bits per heavy atom. The number of rotatable bonds is 6. The second-order valence-electron chi connectivity index (χ2n) is 8.25. The van der Waals surface area contributed by atoms with Gasteiger partial charge in [-0.25, -0.2) is 4.98 Å². The highest BCUT2D eigenvalue weighted by Gasteiger charge is 2.29. The van der Waals surface area contributed by atoms with Crippen LogP contribution in [-0.2, 0) is 11.3 Å². The third-order valence-corrected chi connectivity index (χ3v) is 5.73. The van der Waals surface area contributed by atoms with Gasteiger partial charge < -0.3 is 9.47 Å². The van der Waals surface area contributed by atoms with E-state index in [2.05, 4.69) is 68.4 Å². The minimum atomic E-state index is 0.174. The molecule has 0 spiro atoms. The van der Waals surface area contributed by atoms with Crippen LogP contribution in [0.25, 0.3) is 11.0 Å². The summed E-state index contributed by atoms with van der Waals surface area (Å²) in [5, 5.41) is 0. The molecular weight excluding hydrogens is 336 g/mol. The molecule has 0 atom stereocenters. The van der Waals surface area contributed by atoms with E-state index in [1.807, 2.05) is 4.90 Å². The lowest BCUT2D eigenvalue weighted by atomic mass is 9.94. The molecule has 0 N–H and O–H groups in total. The zero-order valence-electron chi connectivity index (χ0n) is 17.5. The van der Waals surface area contributed by atoms with Crippen LogP contribution in [0.5, 0.6) is 0 Å². The summed E-state index contributed by atoms with van der Waals surface area (Å²) >= 11 is 0. The number of para-hydroxylation sites is 2. The standard InChI is InChI=1S/C22H34N4O/c1-6-25(16(2)3)22(27)18-11-13-24(14-12-18)15-21-23-19-9-7-8-10-20(19)26(21)17(4)5/h7-10,16-18H,6,11-15H2,1-5H3. The van der Waals surface area contributed by atoms with Crippen LogP contribution in [0, 0.1) is 5.92 Å². The molecular formula is C22H34N4O. The van der Waals surface area contributed by atoms with Crippen LogP contribution in [0.15, 0.2) is 24.3 Å². The van der Waals surface area contributed by atoms with Gasteiger partial charge in [-0.3, -0.25) is 9.69 Å². The first-order valence-electron chi connectivity index (χ1n) is 10.4. The molecule has 1 aliphatic heterocycles. The molecule has 1 amide bonds. The Labute approximate surface area is 163 Å². The smallest absolute Gasteiger partial charge is 0.225 e. The van der Waals surface area contributed by atoms with Crippen molar-refractivity contribution in [1.82, 2.24) is 19.4 Å². The number of fused-ring (bicyclic) bond motifs is 1. The summed E-state index contributed by atoms with van der Waals surface area (Å²) in [6.45, 7) is 14.3. The van der Waals surface area contributed by atoms with Crippen molar-refractivity contribution in [2.75, 3.05) is 19.6 Å². The lowest BCUT2D eigenvalue weighted by molar-refractivity contribution is -0.138. The maximum absolute atomic E-state index is 12.8. The van der Waals surface area contributed by atoms with Gasteiger partial charge in [0.05, 0.1) is 17.6 Å². The van der Waals surface area contributed by atoms with Crippen molar-refractivity contribution >= 4 is 16.9 Å². The number of likely N-dealkylation sites (tertiary alicyclic amines) is 1. The number of nitrogens with zero attached hydrogens (tertiary/aromatic N) is 4. The molecule has 0 saturated carbocycles. The normalized spacial score (nSPS) is 16.6. The molecule has 1 saturated heterocycles. The Balaban J connectivity index is 1.67.